The van der Waals surface area contributed by atoms with Gasteiger partial charge in [0, 0.05) is 73.4 Å². The number of hydrogen-bond donors (Lipinski definition) is 1. The fourth-order valence-corrected chi connectivity index (χ4v) is 4.12. The molecule has 1 aliphatic carbocycles. The lowest BCUT2D eigenvalue weighted by atomic mass is 10.0. The van der Waals surface area contributed by atoms with Crippen LogP contribution in [0.25, 0.3) is 22.0 Å². The number of likely N-dealkylation sites (tertiary alicyclic amines) is 1. The first kappa shape index (κ1) is 19.3. The number of aliphatic hydroxyl groups is 1. The van der Waals surface area contributed by atoms with Gasteiger partial charge in [0.1, 0.15) is 5.78 Å². The number of ketones is 1. The summed E-state index contributed by atoms with van der Waals surface area (Å²) in [5.74, 6) is 0.561. The molecule has 3 aromatic heterocycles. The summed E-state index contributed by atoms with van der Waals surface area (Å²) in [5.41, 5.74) is 3.84. The molecule has 0 aromatic carbocycles. The van der Waals surface area contributed by atoms with E-state index in [0.717, 1.165) is 78.6 Å². The molecule has 0 bridgehead atoms. The number of hydrogen-bond acceptors (Lipinski definition) is 6. The molecule has 30 heavy (non-hydrogen) atoms. The van der Waals surface area contributed by atoms with Crippen molar-refractivity contribution in [2.24, 2.45) is 5.92 Å². The SMILES string of the molecule is O=C(Cc1cc2cc(-c3cncc(CN4CCC(O)CC4)c3)ncc2cn1)C1CC1. The summed E-state index contributed by atoms with van der Waals surface area (Å²) >= 11 is 0. The van der Waals surface area contributed by atoms with Crippen molar-refractivity contribution < 1.29 is 9.90 Å². The average Bonchev–Trinajstić information content (AvgIpc) is 3.61. The third-order valence-electron chi connectivity index (χ3n) is 6.10. The van der Waals surface area contributed by atoms with Gasteiger partial charge in [0.15, 0.2) is 0 Å². The highest BCUT2D eigenvalue weighted by Crippen LogP contribution is 2.31. The number of nitrogens with zero attached hydrogens (tertiary/aromatic N) is 4. The predicted octanol–water partition coefficient (Wildman–Crippen LogP) is 3.17. The molecule has 3 aromatic rings. The zero-order valence-corrected chi connectivity index (χ0v) is 17.0. The summed E-state index contributed by atoms with van der Waals surface area (Å²) in [4.78, 5) is 28.0. The molecule has 1 aliphatic heterocycles. The molecule has 1 saturated carbocycles. The van der Waals surface area contributed by atoms with Crippen molar-refractivity contribution in [1.29, 1.82) is 0 Å². The highest BCUT2D eigenvalue weighted by atomic mass is 16.3. The summed E-state index contributed by atoms with van der Waals surface area (Å²) in [6, 6.07) is 6.21. The van der Waals surface area contributed by atoms with Crippen LogP contribution in [0.1, 0.15) is 36.9 Å². The summed E-state index contributed by atoms with van der Waals surface area (Å²) in [5, 5.41) is 11.7. The van der Waals surface area contributed by atoms with Crippen LogP contribution in [0.15, 0.2) is 43.0 Å². The van der Waals surface area contributed by atoms with Crippen molar-refractivity contribution in [2.75, 3.05) is 13.1 Å². The topological polar surface area (TPSA) is 79.2 Å². The first-order chi connectivity index (χ1) is 14.6. The van der Waals surface area contributed by atoms with E-state index in [9.17, 15) is 9.90 Å². The molecule has 2 aliphatic rings. The standard InChI is InChI=1S/C24H26N4O2/c29-22-3-5-28(6-4-22)15-16-7-19(12-25-11-16)23-9-18-8-21(10-24(30)17-1-2-17)26-13-20(18)14-27-23/h7-9,11-14,17,22,29H,1-6,10,15H2. The molecule has 4 heterocycles. The quantitative estimate of drug-likeness (QED) is 0.682. The van der Waals surface area contributed by atoms with Gasteiger partial charge in [-0.05, 0) is 54.8 Å². The smallest absolute Gasteiger partial charge is 0.141 e. The molecule has 1 saturated heterocycles. The molecular weight excluding hydrogens is 376 g/mol. The minimum atomic E-state index is -0.161. The molecule has 0 spiro atoms. The average molecular weight is 402 g/mol. The lowest BCUT2D eigenvalue weighted by molar-refractivity contribution is -0.119. The predicted molar refractivity (Wildman–Crippen MR) is 115 cm³/mol. The van der Waals surface area contributed by atoms with Gasteiger partial charge in [-0.25, -0.2) is 0 Å². The number of Topliss-reactive ketones (excluding diaryl/α,β-unsaturated/α-hetero) is 1. The first-order valence-corrected chi connectivity index (χ1v) is 10.8. The van der Waals surface area contributed by atoms with Crippen molar-refractivity contribution in [1.82, 2.24) is 19.9 Å². The van der Waals surface area contributed by atoms with E-state index in [4.69, 9.17) is 0 Å². The Bertz CT molecular complexity index is 1070. The Morgan fingerprint density at radius 3 is 2.57 bits per heavy atom. The summed E-state index contributed by atoms with van der Waals surface area (Å²) in [7, 11) is 0. The molecule has 0 atom stereocenters. The fraction of sp³-hybridized carbons (Fsp3) is 0.417. The molecular formula is C24H26N4O2. The van der Waals surface area contributed by atoms with E-state index in [2.05, 4.69) is 32.0 Å². The zero-order chi connectivity index (χ0) is 20.5. The second-order valence-electron chi connectivity index (χ2n) is 8.60. The third kappa shape index (κ3) is 4.40. The summed E-state index contributed by atoms with van der Waals surface area (Å²) in [6.45, 7) is 2.66. The van der Waals surface area contributed by atoms with Crippen LogP contribution >= 0.6 is 0 Å². The lowest BCUT2D eigenvalue weighted by Gasteiger charge is -2.29. The van der Waals surface area contributed by atoms with Crippen LogP contribution in [0.5, 0.6) is 0 Å². The van der Waals surface area contributed by atoms with Gasteiger partial charge in [0.05, 0.1) is 11.8 Å². The Labute approximate surface area is 176 Å². The Balaban J connectivity index is 1.36. The largest absolute Gasteiger partial charge is 0.393 e. The van der Waals surface area contributed by atoms with Gasteiger partial charge in [0.2, 0.25) is 0 Å². The maximum atomic E-state index is 12.1. The third-order valence-corrected chi connectivity index (χ3v) is 6.10. The Hall–Kier alpha value is -2.70. The molecule has 0 amide bonds. The van der Waals surface area contributed by atoms with Crippen LogP contribution in [0.2, 0.25) is 0 Å². The van der Waals surface area contributed by atoms with Crippen LogP contribution in [0, 0.1) is 5.92 Å². The molecule has 154 valence electrons. The van der Waals surface area contributed by atoms with Crippen molar-refractivity contribution in [2.45, 2.75) is 44.8 Å². The molecule has 0 unspecified atom stereocenters. The maximum absolute atomic E-state index is 12.1. The maximum Gasteiger partial charge on any atom is 0.141 e. The monoisotopic (exact) mass is 402 g/mol. The Morgan fingerprint density at radius 1 is 0.967 bits per heavy atom. The molecule has 0 radical (unpaired) electrons. The second-order valence-corrected chi connectivity index (χ2v) is 8.60. The van der Waals surface area contributed by atoms with Gasteiger partial charge in [-0.2, -0.15) is 0 Å². The highest BCUT2D eigenvalue weighted by Gasteiger charge is 2.29. The zero-order valence-electron chi connectivity index (χ0n) is 17.0. The number of carbonyl (C=O) groups excluding carboxylic acids is 1. The van der Waals surface area contributed by atoms with Gasteiger partial charge in [-0.15, -0.1) is 0 Å². The number of aromatic nitrogens is 3. The van der Waals surface area contributed by atoms with Crippen LogP contribution in [-0.2, 0) is 17.8 Å². The van der Waals surface area contributed by atoms with Crippen LogP contribution in [0.3, 0.4) is 0 Å². The van der Waals surface area contributed by atoms with Crippen LogP contribution in [0.4, 0.5) is 0 Å². The van der Waals surface area contributed by atoms with E-state index in [1.165, 1.54) is 0 Å². The summed E-state index contributed by atoms with van der Waals surface area (Å²) in [6.07, 6.45) is 11.4. The van der Waals surface area contributed by atoms with Gasteiger partial charge in [-0.3, -0.25) is 24.6 Å². The fourth-order valence-electron chi connectivity index (χ4n) is 4.12. The number of fused-ring (bicyclic) bond motifs is 1. The first-order valence-electron chi connectivity index (χ1n) is 10.8. The number of piperidine rings is 1. The number of carbonyl (C=O) groups is 1. The van der Waals surface area contributed by atoms with Crippen molar-refractivity contribution in [3.63, 3.8) is 0 Å². The van der Waals surface area contributed by atoms with E-state index >= 15 is 0 Å². The van der Waals surface area contributed by atoms with Crippen molar-refractivity contribution in [3.8, 4) is 11.3 Å². The van der Waals surface area contributed by atoms with Gasteiger partial charge in [-0.1, -0.05) is 0 Å². The van der Waals surface area contributed by atoms with Crippen LogP contribution < -0.4 is 0 Å². The normalized spacial score (nSPS) is 18.0. The molecule has 1 N–H and O–H groups in total. The minimum Gasteiger partial charge on any atom is -0.393 e. The van der Waals surface area contributed by atoms with Gasteiger partial charge >= 0.3 is 0 Å². The number of pyridine rings is 3. The van der Waals surface area contributed by atoms with Gasteiger partial charge in [0.25, 0.3) is 0 Å². The van der Waals surface area contributed by atoms with Gasteiger partial charge < -0.3 is 5.11 Å². The van der Waals surface area contributed by atoms with Crippen molar-refractivity contribution >= 4 is 16.6 Å². The second kappa shape index (κ2) is 8.20. The highest BCUT2D eigenvalue weighted by molar-refractivity contribution is 5.88. The molecule has 6 nitrogen and oxygen atoms in total. The Kier molecular flexibility index (Phi) is 5.27. The van der Waals surface area contributed by atoms with Crippen molar-refractivity contribution in [3.05, 3.63) is 54.2 Å². The molecule has 6 heteroatoms. The number of rotatable bonds is 6. The molecule has 2 fully saturated rings. The van der Waals surface area contributed by atoms with E-state index < -0.39 is 0 Å². The number of aliphatic hydroxyl groups excluding tert-OH is 1. The van der Waals surface area contributed by atoms with E-state index in [0.29, 0.717) is 12.2 Å². The Morgan fingerprint density at radius 2 is 1.77 bits per heavy atom. The summed E-state index contributed by atoms with van der Waals surface area (Å²) < 4.78 is 0. The van der Waals surface area contributed by atoms with E-state index in [1.54, 1.807) is 6.20 Å². The molecule has 5 rings (SSSR count). The van der Waals surface area contributed by atoms with Crippen LogP contribution in [-0.4, -0.2) is 49.9 Å². The van der Waals surface area contributed by atoms with E-state index in [-0.39, 0.29) is 12.0 Å². The lowest BCUT2D eigenvalue weighted by Crippen LogP contribution is -2.35. The van der Waals surface area contributed by atoms with E-state index in [1.807, 2.05) is 24.7 Å². The minimum absolute atomic E-state index is 0.161.